The normalized spacial score (nSPS) is 19.7. The molecule has 170 valence electrons. The second kappa shape index (κ2) is 10.0. The summed E-state index contributed by atoms with van der Waals surface area (Å²) in [4.78, 5) is 28.2. The van der Waals surface area contributed by atoms with Crippen LogP contribution in [-0.4, -0.2) is 46.3 Å². The molecule has 1 saturated carbocycles. The number of hydrogen-bond acceptors (Lipinski definition) is 5. The lowest BCUT2D eigenvalue weighted by molar-refractivity contribution is 0.0982. The van der Waals surface area contributed by atoms with Crippen molar-refractivity contribution in [1.82, 2.24) is 15.3 Å². The van der Waals surface area contributed by atoms with Crippen LogP contribution >= 0.6 is 0 Å². The molecule has 8 nitrogen and oxygen atoms in total. The Hall–Kier alpha value is -3.10. The number of carbonyl (C=O) groups is 1. The zero-order valence-electron chi connectivity index (χ0n) is 18.0. The molecule has 1 fully saturated rings. The molecule has 1 heterocycles. The lowest BCUT2D eigenvalue weighted by Crippen LogP contribution is -2.44. The molecule has 8 heteroatoms. The van der Waals surface area contributed by atoms with E-state index in [2.05, 4.69) is 15.3 Å². The summed E-state index contributed by atoms with van der Waals surface area (Å²) in [6.45, 7) is 0.562. The smallest absolute Gasteiger partial charge is 0.323 e. The number of primary amides is 1. The van der Waals surface area contributed by atoms with Crippen LogP contribution in [0.15, 0.2) is 47.3 Å². The van der Waals surface area contributed by atoms with Crippen LogP contribution in [0.3, 0.4) is 0 Å². The van der Waals surface area contributed by atoms with Gasteiger partial charge in [-0.1, -0.05) is 31.0 Å². The van der Waals surface area contributed by atoms with Gasteiger partial charge >= 0.3 is 5.69 Å². The van der Waals surface area contributed by atoms with Gasteiger partial charge in [-0.05, 0) is 55.0 Å². The van der Waals surface area contributed by atoms with Crippen molar-refractivity contribution < 1.29 is 14.6 Å². The van der Waals surface area contributed by atoms with Crippen LogP contribution in [0, 0.1) is 5.92 Å². The van der Waals surface area contributed by atoms with Crippen molar-refractivity contribution >= 4 is 16.9 Å². The van der Waals surface area contributed by atoms with E-state index in [1.807, 2.05) is 12.1 Å². The fraction of sp³-hybridized carbons (Fsp3) is 0.417. The Labute approximate surface area is 186 Å². The Morgan fingerprint density at radius 3 is 2.72 bits per heavy atom. The molecule has 0 aliphatic heterocycles. The van der Waals surface area contributed by atoms with E-state index in [0.29, 0.717) is 40.9 Å². The highest BCUT2D eigenvalue weighted by molar-refractivity contribution is 5.92. The summed E-state index contributed by atoms with van der Waals surface area (Å²) >= 11 is 0. The Kier molecular flexibility index (Phi) is 6.92. The number of H-pyrrole nitrogens is 2. The van der Waals surface area contributed by atoms with Gasteiger partial charge in [0.2, 0.25) is 5.91 Å². The minimum Gasteiger partial charge on any atom is -0.489 e. The maximum atomic E-state index is 11.5. The fourth-order valence-corrected chi connectivity index (χ4v) is 4.51. The average Bonchev–Trinajstić information content (AvgIpc) is 3.18. The predicted octanol–water partition coefficient (Wildman–Crippen LogP) is 2.09. The molecule has 2 aromatic carbocycles. The third kappa shape index (κ3) is 5.38. The van der Waals surface area contributed by atoms with Crippen molar-refractivity contribution in [3.63, 3.8) is 0 Å². The number of nitrogens with one attached hydrogen (secondary N) is 3. The first-order chi connectivity index (χ1) is 15.5. The molecule has 1 amide bonds. The number of amides is 1. The number of benzene rings is 2. The molecule has 3 atom stereocenters. The van der Waals surface area contributed by atoms with E-state index in [4.69, 9.17) is 10.5 Å². The maximum absolute atomic E-state index is 11.5. The zero-order chi connectivity index (χ0) is 22.5. The quantitative estimate of drug-likeness (QED) is 0.349. The van der Waals surface area contributed by atoms with Gasteiger partial charge in [0.1, 0.15) is 24.0 Å². The minimum atomic E-state index is -0.673. The largest absolute Gasteiger partial charge is 0.489 e. The van der Waals surface area contributed by atoms with E-state index < -0.39 is 12.0 Å². The molecular formula is C24H30N4O4. The number of aromatic nitrogens is 2. The van der Waals surface area contributed by atoms with Gasteiger partial charge in [-0.2, -0.15) is 0 Å². The molecule has 0 bridgehead atoms. The van der Waals surface area contributed by atoms with Crippen molar-refractivity contribution in [2.45, 2.75) is 44.2 Å². The lowest BCUT2D eigenvalue weighted by atomic mass is 9.80. The third-order valence-electron chi connectivity index (χ3n) is 6.21. The van der Waals surface area contributed by atoms with Crippen LogP contribution in [0.4, 0.5) is 0 Å². The Morgan fingerprint density at radius 2 is 1.94 bits per heavy atom. The van der Waals surface area contributed by atoms with E-state index >= 15 is 0 Å². The van der Waals surface area contributed by atoms with Gasteiger partial charge in [0.15, 0.2) is 0 Å². The van der Waals surface area contributed by atoms with Gasteiger partial charge in [-0.3, -0.25) is 4.79 Å². The van der Waals surface area contributed by atoms with E-state index in [1.165, 1.54) is 18.4 Å². The number of nitrogens with two attached hydrogens (primary N) is 1. The highest BCUT2D eigenvalue weighted by atomic mass is 16.5. The summed E-state index contributed by atoms with van der Waals surface area (Å²) in [7, 11) is 0. The molecule has 0 spiro atoms. The van der Waals surface area contributed by atoms with Gasteiger partial charge in [-0.25, -0.2) is 4.79 Å². The number of fused-ring (bicyclic) bond motifs is 1. The van der Waals surface area contributed by atoms with Crippen LogP contribution in [-0.2, 0) is 6.42 Å². The number of carbonyl (C=O) groups excluding carboxylic acids is 1. The number of rotatable bonds is 9. The summed E-state index contributed by atoms with van der Waals surface area (Å²) < 4.78 is 5.77. The van der Waals surface area contributed by atoms with Crippen molar-refractivity contribution in [2.75, 3.05) is 13.2 Å². The molecule has 4 rings (SSSR count). The fourth-order valence-electron chi connectivity index (χ4n) is 4.51. The molecule has 1 aliphatic carbocycles. The summed E-state index contributed by atoms with van der Waals surface area (Å²) in [5.74, 6) is 0.592. The van der Waals surface area contributed by atoms with E-state index in [0.717, 1.165) is 19.3 Å². The molecule has 1 aliphatic rings. The standard InChI is InChI=1S/C24H30N4O4/c25-23(30)16-10-8-15(9-11-16)12-17-4-1-2-5-19(17)26-13-18(29)14-32-21-7-3-6-20-22(21)28-24(31)27-20/h3,6-11,17-19,26,29H,1-2,4-5,12-14H2,(H2,25,30)(H2,27,28,31). The third-order valence-corrected chi connectivity index (χ3v) is 6.21. The average molecular weight is 439 g/mol. The first kappa shape index (κ1) is 22.1. The Bertz CT molecular complexity index is 1110. The molecule has 1 aromatic heterocycles. The SMILES string of the molecule is NC(=O)c1ccc(CC2CCCCC2NCC(O)COc2cccc3[nH]c(=O)[nH]c23)cc1. The molecule has 3 aromatic rings. The maximum Gasteiger partial charge on any atom is 0.323 e. The van der Waals surface area contributed by atoms with Crippen LogP contribution in [0.5, 0.6) is 5.75 Å². The molecule has 0 radical (unpaired) electrons. The number of ether oxygens (including phenoxy) is 1. The first-order valence-electron chi connectivity index (χ1n) is 11.1. The number of para-hydroxylation sites is 1. The Morgan fingerprint density at radius 1 is 1.16 bits per heavy atom. The topological polar surface area (TPSA) is 133 Å². The predicted molar refractivity (Wildman–Crippen MR) is 123 cm³/mol. The van der Waals surface area contributed by atoms with Crippen molar-refractivity contribution in [3.8, 4) is 5.75 Å². The van der Waals surface area contributed by atoms with Gasteiger partial charge in [0, 0.05) is 18.2 Å². The highest BCUT2D eigenvalue weighted by Gasteiger charge is 2.25. The zero-order valence-corrected chi connectivity index (χ0v) is 18.0. The van der Waals surface area contributed by atoms with Crippen molar-refractivity contribution in [1.29, 1.82) is 0 Å². The van der Waals surface area contributed by atoms with Crippen LogP contribution in [0.2, 0.25) is 0 Å². The molecule has 32 heavy (non-hydrogen) atoms. The van der Waals surface area contributed by atoms with Gasteiger partial charge in [-0.15, -0.1) is 0 Å². The van der Waals surface area contributed by atoms with Gasteiger partial charge < -0.3 is 30.9 Å². The summed E-state index contributed by atoms with van der Waals surface area (Å²) in [6.07, 6.45) is 4.82. The Balaban J connectivity index is 1.30. The van der Waals surface area contributed by atoms with E-state index in [9.17, 15) is 14.7 Å². The van der Waals surface area contributed by atoms with Gasteiger partial charge in [0.25, 0.3) is 0 Å². The number of hydrogen-bond donors (Lipinski definition) is 5. The number of aliphatic hydroxyl groups excluding tert-OH is 1. The molecule has 3 unspecified atom stereocenters. The summed E-state index contributed by atoms with van der Waals surface area (Å²) in [6, 6.07) is 13.2. The van der Waals surface area contributed by atoms with E-state index in [-0.39, 0.29) is 12.3 Å². The lowest BCUT2D eigenvalue weighted by Gasteiger charge is -2.33. The number of aliphatic hydroxyl groups is 1. The first-order valence-corrected chi connectivity index (χ1v) is 11.1. The van der Waals surface area contributed by atoms with Crippen LogP contribution in [0.1, 0.15) is 41.6 Å². The second-order valence-electron chi connectivity index (χ2n) is 8.55. The van der Waals surface area contributed by atoms with Crippen LogP contribution in [0.25, 0.3) is 11.0 Å². The minimum absolute atomic E-state index is 0.130. The number of aromatic amines is 2. The summed E-state index contributed by atoms with van der Waals surface area (Å²) in [5.41, 5.74) is 8.03. The molecule has 6 N–H and O–H groups in total. The molecular weight excluding hydrogens is 408 g/mol. The van der Waals surface area contributed by atoms with Gasteiger partial charge in [0.05, 0.1) is 5.52 Å². The molecule has 0 saturated heterocycles. The monoisotopic (exact) mass is 438 g/mol. The highest BCUT2D eigenvalue weighted by Crippen LogP contribution is 2.28. The summed E-state index contributed by atoms with van der Waals surface area (Å²) in [5, 5.41) is 14.0. The van der Waals surface area contributed by atoms with E-state index in [1.54, 1.807) is 30.3 Å². The second-order valence-corrected chi connectivity index (χ2v) is 8.55. The van der Waals surface area contributed by atoms with Crippen LogP contribution < -0.4 is 21.5 Å². The van der Waals surface area contributed by atoms with Crippen molar-refractivity contribution in [3.05, 3.63) is 64.1 Å². The number of imidazole rings is 1. The van der Waals surface area contributed by atoms with Crippen molar-refractivity contribution in [2.24, 2.45) is 11.7 Å².